The summed E-state index contributed by atoms with van der Waals surface area (Å²) in [7, 11) is 0. The summed E-state index contributed by atoms with van der Waals surface area (Å²) in [5.41, 5.74) is 7.21. The van der Waals surface area contributed by atoms with Crippen molar-refractivity contribution in [2.45, 2.75) is 50.6 Å². The highest BCUT2D eigenvalue weighted by molar-refractivity contribution is 5.85. The molecule has 126 valence electrons. The van der Waals surface area contributed by atoms with E-state index in [0.717, 1.165) is 29.2 Å². The van der Waals surface area contributed by atoms with E-state index in [-0.39, 0.29) is 24.4 Å². The van der Waals surface area contributed by atoms with Crippen molar-refractivity contribution < 1.29 is 4.79 Å². The van der Waals surface area contributed by atoms with Gasteiger partial charge in [-0.05, 0) is 54.9 Å². The second kappa shape index (κ2) is 6.82. The number of carbonyl (C=O) groups excluding carboxylic acids is 1. The molecule has 1 amide bonds. The molecule has 4 heteroatoms. The Morgan fingerprint density at radius 3 is 2.65 bits per heavy atom. The largest absolute Gasteiger partial charge is 0.353 e. The number of carbonyl (C=O) groups is 1. The zero-order chi connectivity index (χ0) is 15.1. The summed E-state index contributed by atoms with van der Waals surface area (Å²) in [6.45, 7) is 0. The number of hydrogen-bond acceptors (Lipinski definition) is 2. The van der Waals surface area contributed by atoms with E-state index in [1.54, 1.807) is 0 Å². The zero-order valence-corrected chi connectivity index (χ0v) is 14.3. The minimum absolute atomic E-state index is 0. The van der Waals surface area contributed by atoms with Gasteiger partial charge in [-0.2, -0.15) is 0 Å². The van der Waals surface area contributed by atoms with Crippen molar-refractivity contribution in [3.8, 4) is 0 Å². The highest BCUT2D eigenvalue weighted by atomic mass is 35.5. The van der Waals surface area contributed by atoms with Gasteiger partial charge in [0.15, 0.2) is 0 Å². The van der Waals surface area contributed by atoms with Gasteiger partial charge in [0.2, 0.25) is 5.91 Å². The Bertz CT molecular complexity index is 550. The van der Waals surface area contributed by atoms with Crippen LogP contribution in [0.2, 0.25) is 0 Å². The number of fused-ring (bicyclic) bond motifs is 5. The molecule has 0 radical (unpaired) electrons. The smallest absolute Gasteiger partial charge is 0.222 e. The van der Waals surface area contributed by atoms with Crippen LogP contribution < -0.4 is 11.1 Å². The Labute approximate surface area is 144 Å². The van der Waals surface area contributed by atoms with Gasteiger partial charge in [0.1, 0.15) is 0 Å². The van der Waals surface area contributed by atoms with Crippen LogP contribution in [0.3, 0.4) is 0 Å². The first-order chi connectivity index (χ1) is 10.7. The monoisotopic (exact) mass is 334 g/mol. The topological polar surface area (TPSA) is 55.1 Å². The van der Waals surface area contributed by atoms with Gasteiger partial charge in [-0.1, -0.05) is 36.8 Å². The van der Waals surface area contributed by atoms with E-state index in [2.05, 4.69) is 5.32 Å². The van der Waals surface area contributed by atoms with Crippen LogP contribution in [0.15, 0.2) is 30.3 Å². The minimum Gasteiger partial charge on any atom is -0.353 e. The summed E-state index contributed by atoms with van der Waals surface area (Å²) in [4.78, 5) is 12.4. The van der Waals surface area contributed by atoms with Crippen LogP contribution in [0.1, 0.15) is 50.1 Å². The molecule has 0 aliphatic heterocycles. The van der Waals surface area contributed by atoms with Gasteiger partial charge in [0.05, 0.1) is 0 Å². The number of amides is 1. The lowest BCUT2D eigenvalue weighted by atomic mass is 9.79. The lowest BCUT2D eigenvalue weighted by Gasteiger charge is -2.32. The minimum atomic E-state index is -0.195. The second-order valence-electron chi connectivity index (χ2n) is 7.55. The number of nitrogens with one attached hydrogen (secondary N) is 1. The van der Waals surface area contributed by atoms with E-state index < -0.39 is 0 Å². The van der Waals surface area contributed by atoms with E-state index in [1.807, 2.05) is 30.3 Å². The number of rotatable bonds is 4. The molecule has 0 saturated heterocycles. The van der Waals surface area contributed by atoms with Crippen molar-refractivity contribution in [2.75, 3.05) is 0 Å². The van der Waals surface area contributed by atoms with Crippen molar-refractivity contribution in [1.82, 2.24) is 5.32 Å². The lowest BCUT2D eigenvalue weighted by Crippen LogP contribution is -2.43. The molecule has 3 aliphatic carbocycles. The molecule has 3 N–H and O–H groups in total. The highest BCUT2D eigenvalue weighted by Crippen LogP contribution is 2.58. The maximum atomic E-state index is 12.4. The lowest BCUT2D eigenvalue weighted by molar-refractivity contribution is -0.122. The van der Waals surface area contributed by atoms with Crippen LogP contribution in [-0.4, -0.2) is 11.9 Å². The third-order valence-corrected chi connectivity index (χ3v) is 6.41. The summed E-state index contributed by atoms with van der Waals surface area (Å²) in [5.74, 6) is 3.63. The first-order valence-corrected chi connectivity index (χ1v) is 8.82. The summed E-state index contributed by atoms with van der Waals surface area (Å²) < 4.78 is 0. The predicted octanol–water partition coefficient (Wildman–Crippen LogP) is 3.44. The fourth-order valence-corrected chi connectivity index (χ4v) is 5.52. The maximum absolute atomic E-state index is 12.4. The molecule has 3 aliphatic rings. The molecule has 1 aromatic rings. The molecule has 6 atom stereocenters. The van der Waals surface area contributed by atoms with E-state index >= 15 is 0 Å². The third kappa shape index (κ3) is 3.14. The quantitative estimate of drug-likeness (QED) is 0.886. The van der Waals surface area contributed by atoms with Crippen LogP contribution in [0.5, 0.6) is 0 Å². The second-order valence-corrected chi connectivity index (χ2v) is 7.55. The average molecular weight is 335 g/mol. The summed E-state index contributed by atoms with van der Waals surface area (Å²) in [6, 6.07) is 10.1. The average Bonchev–Trinajstić information content (AvgIpc) is 3.20. The molecule has 3 saturated carbocycles. The highest BCUT2D eigenvalue weighted by Gasteiger charge is 2.53. The van der Waals surface area contributed by atoms with Gasteiger partial charge in [-0.15, -0.1) is 12.4 Å². The van der Waals surface area contributed by atoms with E-state index in [1.165, 1.54) is 32.1 Å². The predicted molar refractivity (Wildman–Crippen MR) is 94.2 cm³/mol. The molecule has 6 unspecified atom stereocenters. The van der Waals surface area contributed by atoms with Crippen LogP contribution in [0.4, 0.5) is 0 Å². The van der Waals surface area contributed by atoms with Gasteiger partial charge < -0.3 is 11.1 Å². The van der Waals surface area contributed by atoms with Crippen molar-refractivity contribution in [2.24, 2.45) is 29.4 Å². The van der Waals surface area contributed by atoms with E-state index in [0.29, 0.717) is 12.5 Å². The van der Waals surface area contributed by atoms with Crippen molar-refractivity contribution >= 4 is 18.3 Å². The molecular formula is C19H27ClN2O. The molecule has 4 rings (SSSR count). The first-order valence-electron chi connectivity index (χ1n) is 8.82. The molecule has 0 spiro atoms. The van der Waals surface area contributed by atoms with Gasteiger partial charge >= 0.3 is 0 Å². The molecule has 2 bridgehead atoms. The molecule has 0 heterocycles. The van der Waals surface area contributed by atoms with Crippen LogP contribution in [-0.2, 0) is 4.79 Å². The summed E-state index contributed by atoms with van der Waals surface area (Å²) in [6.07, 6.45) is 7.18. The van der Waals surface area contributed by atoms with Gasteiger partial charge in [-0.25, -0.2) is 0 Å². The van der Waals surface area contributed by atoms with Crippen molar-refractivity contribution in [3.05, 3.63) is 35.9 Å². The Morgan fingerprint density at radius 2 is 1.87 bits per heavy atom. The molecule has 0 aromatic heterocycles. The van der Waals surface area contributed by atoms with Gasteiger partial charge in [0, 0.05) is 18.5 Å². The standard InChI is InChI=1S/C19H26N2O.ClH/c20-17(12-5-2-1-3-6-12)11-19(22)21-18-10-13-9-16(18)15-8-4-7-14(13)15;/h1-3,5-6,13-18H,4,7-11,20H2,(H,21,22);1H. The first kappa shape index (κ1) is 16.8. The molecule has 3 fully saturated rings. The Kier molecular flexibility index (Phi) is 4.98. The summed E-state index contributed by atoms with van der Waals surface area (Å²) >= 11 is 0. The molecular weight excluding hydrogens is 308 g/mol. The number of nitrogens with two attached hydrogens (primary N) is 1. The van der Waals surface area contributed by atoms with Gasteiger partial charge in [-0.3, -0.25) is 4.79 Å². The molecule has 1 aromatic carbocycles. The third-order valence-electron chi connectivity index (χ3n) is 6.41. The van der Waals surface area contributed by atoms with E-state index in [9.17, 15) is 4.79 Å². The fraction of sp³-hybridized carbons (Fsp3) is 0.632. The SMILES string of the molecule is Cl.NC(CC(=O)NC1CC2CC1C1CCCC21)c1ccccc1. The fourth-order valence-electron chi connectivity index (χ4n) is 5.52. The maximum Gasteiger partial charge on any atom is 0.222 e. The normalized spacial score (nSPS) is 35.4. The zero-order valence-electron chi connectivity index (χ0n) is 13.5. The van der Waals surface area contributed by atoms with Crippen LogP contribution in [0, 0.1) is 23.7 Å². The van der Waals surface area contributed by atoms with Crippen molar-refractivity contribution in [3.63, 3.8) is 0 Å². The molecule has 3 nitrogen and oxygen atoms in total. The summed E-state index contributed by atoms with van der Waals surface area (Å²) in [5, 5.41) is 3.30. The Hall–Kier alpha value is -1.06. The Morgan fingerprint density at radius 1 is 1.13 bits per heavy atom. The van der Waals surface area contributed by atoms with Gasteiger partial charge in [0.25, 0.3) is 0 Å². The number of hydrogen-bond donors (Lipinski definition) is 2. The van der Waals surface area contributed by atoms with Crippen LogP contribution >= 0.6 is 12.4 Å². The van der Waals surface area contributed by atoms with E-state index in [4.69, 9.17) is 5.73 Å². The number of halogens is 1. The van der Waals surface area contributed by atoms with Crippen molar-refractivity contribution in [1.29, 1.82) is 0 Å². The Balaban J connectivity index is 0.00000156. The molecule has 23 heavy (non-hydrogen) atoms. The number of benzene rings is 1. The van der Waals surface area contributed by atoms with Crippen LogP contribution in [0.25, 0.3) is 0 Å².